The first-order chi connectivity index (χ1) is 11.9. The molecule has 1 heterocycles. The van der Waals surface area contributed by atoms with Crippen LogP contribution >= 0.6 is 11.6 Å². The van der Waals surface area contributed by atoms with Crippen molar-refractivity contribution in [2.24, 2.45) is 0 Å². The van der Waals surface area contributed by atoms with E-state index in [-0.39, 0.29) is 28.9 Å². The highest BCUT2D eigenvalue weighted by molar-refractivity contribution is 6.32. The molecule has 4 N–H and O–H groups in total. The second kappa shape index (κ2) is 8.34. The van der Waals surface area contributed by atoms with Crippen LogP contribution in [0.3, 0.4) is 0 Å². The molecule has 25 heavy (non-hydrogen) atoms. The number of nitrogens with one attached hydrogen (secondary N) is 4. The molecule has 6 nitrogen and oxygen atoms in total. The summed E-state index contributed by atoms with van der Waals surface area (Å²) in [5.41, 5.74) is 0.0345. The number of hydrogen-bond acceptors (Lipinski definition) is 6. The second-order valence-corrected chi connectivity index (χ2v) is 5.16. The Labute approximate surface area is 146 Å². The zero-order chi connectivity index (χ0) is 18.4. The average molecular weight is 371 g/mol. The first-order valence-electron chi connectivity index (χ1n) is 6.99. The van der Waals surface area contributed by atoms with E-state index in [4.69, 9.17) is 17.0 Å². The van der Waals surface area contributed by atoms with E-state index in [1.807, 2.05) is 0 Å². The third-order valence-electron chi connectivity index (χ3n) is 2.99. The highest BCUT2D eigenvalue weighted by Gasteiger charge is 2.13. The SMILES string of the molecule is CN/C=C(\C=N)Nc1ncc(Cl)c(NCc2c(F)cc(F)cc2F)n1. The van der Waals surface area contributed by atoms with Crippen LogP contribution in [0.2, 0.25) is 5.02 Å². The molecule has 0 spiro atoms. The van der Waals surface area contributed by atoms with Crippen molar-refractivity contribution in [1.29, 1.82) is 5.41 Å². The molecule has 2 aromatic rings. The predicted octanol–water partition coefficient (Wildman–Crippen LogP) is 3.28. The lowest BCUT2D eigenvalue weighted by Crippen LogP contribution is -2.11. The van der Waals surface area contributed by atoms with Crippen LogP contribution in [0.5, 0.6) is 0 Å². The molecular formula is C15H14ClF3N6. The van der Waals surface area contributed by atoms with Gasteiger partial charge in [0.25, 0.3) is 0 Å². The Morgan fingerprint density at radius 2 is 1.96 bits per heavy atom. The molecule has 0 saturated carbocycles. The minimum atomic E-state index is -1.02. The fraction of sp³-hybridized carbons (Fsp3) is 0.133. The Kier molecular flexibility index (Phi) is 6.18. The maximum atomic E-state index is 13.7. The number of halogens is 4. The molecule has 132 valence electrons. The predicted molar refractivity (Wildman–Crippen MR) is 90.2 cm³/mol. The van der Waals surface area contributed by atoms with E-state index < -0.39 is 17.5 Å². The summed E-state index contributed by atoms with van der Waals surface area (Å²) in [5.74, 6) is -2.79. The van der Waals surface area contributed by atoms with Crippen LogP contribution < -0.4 is 16.0 Å². The average Bonchev–Trinajstić information content (AvgIpc) is 2.56. The van der Waals surface area contributed by atoms with Crippen molar-refractivity contribution in [1.82, 2.24) is 15.3 Å². The van der Waals surface area contributed by atoms with Crippen molar-refractivity contribution < 1.29 is 13.2 Å². The highest BCUT2D eigenvalue weighted by Crippen LogP contribution is 2.22. The number of hydrogen-bond donors (Lipinski definition) is 4. The second-order valence-electron chi connectivity index (χ2n) is 4.75. The zero-order valence-corrected chi connectivity index (χ0v) is 13.8. The molecule has 0 aliphatic rings. The van der Waals surface area contributed by atoms with E-state index in [1.165, 1.54) is 12.4 Å². The van der Waals surface area contributed by atoms with Gasteiger partial charge in [0.1, 0.15) is 22.5 Å². The monoisotopic (exact) mass is 370 g/mol. The van der Waals surface area contributed by atoms with E-state index in [9.17, 15) is 13.2 Å². The van der Waals surface area contributed by atoms with Crippen molar-refractivity contribution >= 4 is 29.6 Å². The van der Waals surface area contributed by atoms with Gasteiger partial charge in [-0.1, -0.05) is 11.6 Å². The molecular weight excluding hydrogens is 357 g/mol. The van der Waals surface area contributed by atoms with E-state index in [0.717, 1.165) is 6.21 Å². The summed E-state index contributed by atoms with van der Waals surface area (Å²) < 4.78 is 40.2. The van der Waals surface area contributed by atoms with Crippen molar-refractivity contribution in [2.45, 2.75) is 6.54 Å². The Balaban J connectivity index is 2.19. The third-order valence-corrected chi connectivity index (χ3v) is 3.27. The van der Waals surface area contributed by atoms with Crippen LogP contribution in [0.25, 0.3) is 0 Å². The molecule has 1 aromatic carbocycles. The quantitative estimate of drug-likeness (QED) is 0.562. The summed E-state index contributed by atoms with van der Waals surface area (Å²) in [4.78, 5) is 8.02. The van der Waals surface area contributed by atoms with Gasteiger partial charge in [-0.15, -0.1) is 0 Å². The standard InChI is InChI=1S/C15H14ClF3N6/c1-21-5-9(4-20)24-15-23-7-11(16)14(25-15)22-6-10-12(18)2-8(17)3-13(10)19/h2-5,7,20-21H,6H2,1H3,(H2,22,23,24,25)/b9-5+,20-4?. The Morgan fingerprint density at radius 1 is 1.28 bits per heavy atom. The molecule has 2 rings (SSSR count). The van der Waals surface area contributed by atoms with Gasteiger partial charge in [0.15, 0.2) is 5.82 Å². The van der Waals surface area contributed by atoms with Gasteiger partial charge >= 0.3 is 0 Å². The van der Waals surface area contributed by atoms with Gasteiger partial charge in [-0.25, -0.2) is 18.2 Å². The first kappa shape index (κ1) is 18.5. The van der Waals surface area contributed by atoms with E-state index in [2.05, 4.69) is 25.9 Å². The van der Waals surface area contributed by atoms with Gasteiger partial charge in [-0.2, -0.15) is 4.98 Å². The lowest BCUT2D eigenvalue weighted by Gasteiger charge is -2.11. The summed E-state index contributed by atoms with van der Waals surface area (Å²) in [6.45, 7) is -0.294. The van der Waals surface area contributed by atoms with Gasteiger partial charge in [0.2, 0.25) is 5.95 Å². The minimum absolute atomic E-state index is 0.121. The summed E-state index contributed by atoms with van der Waals surface area (Å²) in [6, 6.07) is 1.18. The normalized spacial score (nSPS) is 11.2. The maximum Gasteiger partial charge on any atom is 0.229 e. The number of allylic oxidation sites excluding steroid dienone is 1. The maximum absolute atomic E-state index is 13.7. The molecule has 0 unspecified atom stereocenters. The fourth-order valence-corrected chi connectivity index (χ4v) is 2.02. The molecule has 0 saturated heterocycles. The number of aromatic nitrogens is 2. The lowest BCUT2D eigenvalue weighted by atomic mass is 10.2. The molecule has 0 bridgehead atoms. The van der Waals surface area contributed by atoms with Crippen LogP contribution in [0.15, 0.2) is 30.2 Å². The highest BCUT2D eigenvalue weighted by atomic mass is 35.5. The summed E-state index contributed by atoms with van der Waals surface area (Å²) in [5, 5.41) is 15.6. The van der Waals surface area contributed by atoms with Crippen LogP contribution in [0.1, 0.15) is 5.56 Å². The van der Waals surface area contributed by atoms with Gasteiger partial charge in [0.05, 0.1) is 11.9 Å². The van der Waals surface area contributed by atoms with E-state index in [0.29, 0.717) is 17.8 Å². The first-order valence-corrected chi connectivity index (χ1v) is 7.37. The van der Waals surface area contributed by atoms with Crippen molar-refractivity contribution in [3.8, 4) is 0 Å². The third kappa shape index (κ3) is 4.83. The van der Waals surface area contributed by atoms with Crippen molar-refractivity contribution in [3.63, 3.8) is 0 Å². The van der Waals surface area contributed by atoms with Crippen LogP contribution in [-0.2, 0) is 6.54 Å². The van der Waals surface area contributed by atoms with Gasteiger partial charge in [-0.05, 0) is 0 Å². The zero-order valence-electron chi connectivity index (χ0n) is 13.0. The van der Waals surface area contributed by atoms with Gasteiger partial charge in [-0.3, -0.25) is 0 Å². The van der Waals surface area contributed by atoms with E-state index in [1.54, 1.807) is 7.05 Å². The summed E-state index contributed by atoms with van der Waals surface area (Å²) in [7, 11) is 1.66. The molecule has 0 atom stereocenters. The topological polar surface area (TPSA) is 85.7 Å². The number of benzene rings is 1. The Bertz CT molecular complexity index is 789. The smallest absolute Gasteiger partial charge is 0.229 e. The Hall–Kier alpha value is -2.81. The molecule has 0 aliphatic heterocycles. The minimum Gasteiger partial charge on any atom is -0.392 e. The van der Waals surface area contributed by atoms with Crippen LogP contribution in [0, 0.1) is 22.9 Å². The molecule has 0 fully saturated rings. The molecule has 0 aliphatic carbocycles. The van der Waals surface area contributed by atoms with E-state index >= 15 is 0 Å². The lowest BCUT2D eigenvalue weighted by molar-refractivity contribution is 0.526. The van der Waals surface area contributed by atoms with Crippen LogP contribution in [0.4, 0.5) is 24.9 Å². The van der Waals surface area contributed by atoms with Gasteiger partial charge < -0.3 is 21.4 Å². The van der Waals surface area contributed by atoms with Crippen molar-refractivity contribution in [2.75, 3.05) is 17.7 Å². The van der Waals surface area contributed by atoms with Crippen molar-refractivity contribution in [3.05, 3.63) is 58.3 Å². The summed E-state index contributed by atoms with van der Waals surface area (Å²) in [6.07, 6.45) is 3.85. The molecule has 0 radical (unpaired) electrons. The molecule has 1 aromatic heterocycles. The Morgan fingerprint density at radius 3 is 2.56 bits per heavy atom. The van der Waals surface area contributed by atoms with Crippen LogP contribution in [-0.4, -0.2) is 23.2 Å². The summed E-state index contributed by atoms with van der Waals surface area (Å²) >= 11 is 5.96. The number of anilines is 2. The fourth-order valence-electron chi connectivity index (χ4n) is 1.86. The number of rotatable bonds is 7. The largest absolute Gasteiger partial charge is 0.392 e. The van der Waals surface area contributed by atoms with Gasteiger partial charge in [0, 0.05) is 43.7 Å². The molecule has 0 amide bonds. The molecule has 10 heteroatoms. The number of nitrogens with zero attached hydrogens (tertiary/aromatic N) is 2.